The summed E-state index contributed by atoms with van der Waals surface area (Å²) in [7, 11) is 0. The summed E-state index contributed by atoms with van der Waals surface area (Å²) in [5.41, 5.74) is 4.11. The van der Waals surface area contributed by atoms with Crippen molar-refractivity contribution in [2.45, 2.75) is 32.6 Å². The number of rotatable bonds is 5. The van der Waals surface area contributed by atoms with Crippen molar-refractivity contribution in [3.63, 3.8) is 0 Å². The lowest BCUT2D eigenvalue weighted by molar-refractivity contribution is -0.119. The Hall–Kier alpha value is -3.42. The van der Waals surface area contributed by atoms with Gasteiger partial charge in [0.25, 0.3) is 0 Å². The Morgan fingerprint density at radius 1 is 1.14 bits per heavy atom. The van der Waals surface area contributed by atoms with E-state index in [9.17, 15) is 4.79 Å². The van der Waals surface area contributed by atoms with Gasteiger partial charge in [-0.3, -0.25) is 14.9 Å². The van der Waals surface area contributed by atoms with E-state index in [1.54, 1.807) is 12.4 Å². The molecule has 2 aromatic heterocycles. The van der Waals surface area contributed by atoms with Crippen LogP contribution >= 0.6 is 0 Å². The van der Waals surface area contributed by atoms with Crippen LogP contribution in [0.4, 0.5) is 28.8 Å². The molecule has 29 heavy (non-hydrogen) atoms. The Labute approximate surface area is 168 Å². The fraction of sp³-hybridized carbons (Fsp3) is 0.333. The zero-order valence-electron chi connectivity index (χ0n) is 16.3. The van der Waals surface area contributed by atoms with E-state index < -0.39 is 0 Å². The monoisotopic (exact) mass is 389 g/mol. The first kappa shape index (κ1) is 17.7. The molecule has 0 bridgehead atoms. The van der Waals surface area contributed by atoms with E-state index in [1.165, 1.54) is 5.56 Å². The van der Waals surface area contributed by atoms with Gasteiger partial charge in [-0.25, -0.2) is 4.98 Å². The quantitative estimate of drug-likeness (QED) is 0.616. The fourth-order valence-corrected chi connectivity index (χ4v) is 3.68. The lowest BCUT2D eigenvalue weighted by atomic mass is 10.0. The minimum Gasteiger partial charge on any atom is -0.339 e. The predicted octanol–water partition coefficient (Wildman–Crippen LogP) is 3.68. The smallest absolute Gasteiger partial charge is 0.230 e. The molecule has 0 unspecified atom stereocenters. The molecule has 1 amide bonds. The molecule has 8 nitrogen and oxygen atoms in total. The van der Waals surface area contributed by atoms with Gasteiger partial charge in [0, 0.05) is 35.6 Å². The third kappa shape index (κ3) is 3.78. The van der Waals surface area contributed by atoms with Crippen LogP contribution in [0, 0.1) is 12.8 Å². The first-order chi connectivity index (χ1) is 14.2. The topological polar surface area (TPSA) is 98.8 Å². The van der Waals surface area contributed by atoms with Gasteiger partial charge in [-0.05, 0) is 50.3 Å². The summed E-state index contributed by atoms with van der Waals surface area (Å²) in [6, 6.07) is 8.08. The lowest BCUT2D eigenvalue weighted by Gasteiger charge is -2.30. The van der Waals surface area contributed by atoms with Crippen molar-refractivity contribution >= 4 is 34.7 Å². The summed E-state index contributed by atoms with van der Waals surface area (Å²) >= 11 is 0. The number of carbonyl (C=O) groups is 1. The lowest BCUT2D eigenvalue weighted by Crippen LogP contribution is -2.36. The highest BCUT2D eigenvalue weighted by Gasteiger charge is 2.35. The number of hydrogen-bond acceptors (Lipinski definition) is 6. The van der Waals surface area contributed by atoms with Gasteiger partial charge in [0.2, 0.25) is 5.91 Å². The summed E-state index contributed by atoms with van der Waals surface area (Å²) in [4.78, 5) is 23.5. The van der Waals surface area contributed by atoms with Crippen molar-refractivity contribution < 1.29 is 4.79 Å². The van der Waals surface area contributed by atoms with Crippen molar-refractivity contribution in [3.05, 3.63) is 47.9 Å². The van der Waals surface area contributed by atoms with E-state index in [1.807, 2.05) is 30.0 Å². The Balaban J connectivity index is 1.36. The summed E-state index contributed by atoms with van der Waals surface area (Å²) in [6.07, 6.45) is 7.39. The van der Waals surface area contributed by atoms with E-state index in [-0.39, 0.29) is 11.8 Å². The van der Waals surface area contributed by atoms with Gasteiger partial charge in [-0.1, -0.05) is 6.07 Å². The maximum absolute atomic E-state index is 12.7. The molecule has 2 aliphatic rings. The highest BCUT2D eigenvalue weighted by Crippen LogP contribution is 2.37. The molecule has 8 heteroatoms. The molecule has 0 atom stereocenters. The molecule has 0 radical (unpaired) electrons. The highest BCUT2D eigenvalue weighted by molar-refractivity contribution is 5.98. The molecule has 5 rings (SSSR count). The minimum absolute atomic E-state index is 0.219. The number of anilines is 5. The maximum Gasteiger partial charge on any atom is 0.230 e. The Bertz CT molecular complexity index is 1060. The van der Waals surface area contributed by atoms with Crippen molar-refractivity contribution in [2.24, 2.45) is 5.92 Å². The Kier molecular flexibility index (Phi) is 4.38. The third-order valence-electron chi connectivity index (χ3n) is 5.27. The van der Waals surface area contributed by atoms with Crippen LogP contribution < -0.4 is 15.5 Å². The van der Waals surface area contributed by atoms with Crippen LogP contribution in [0.1, 0.15) is 30.5 Å². The van der Waals surface area contributed by atoms with Crippen LogP contribution in [-0.4, -0.2) is 32.6 Å². The van der Waals surface area contributed by atoms with Gasteiger partial charge < -0.3 is 15.5 Å². The summed E-state index contributed by atoms with van der Waals surface area (Å²) in [5.74, 6) is 2.40. The Morgan fingerprint density at radius 2 is 1.97 bits per heavy atom. The van der Waals surface area contributed by atoms with E-state index in [0.29, 0.717) is 17.5 Å². The van der Waals surface area contributed by atoms with Crippen LogP contribution in [-0.2, 0) is 11.2 Å². The van der Waals surface area contributed by atoms with Gasteiger partial charge >= 0.3 is 0 Å². The molecule has 1 aliphatic carbocycles. The van der Waals surface area contributed by atoms with E-state index in [0.717, 1.165) is 49.3 Å². The van der Waals surface area contributed by atoms with E-state index in [4.69, 9.17) is 0 Å². The van der Waals surface area contributed by atoms with Gasteiger partial charge in [0.15, 0.2) is 17.5 Å². The third-order valence-corrected chi connectivity index (χ3v) is 5.27. The number of nitrogens with zero attached hydrogens (tertiary/aromatic N) is 4. The van der Waals surface area contributed by atoms with Gasteiger partial charge in [0.05, 0.1) is 12.4 Å². The SMILES string of the molecule is Cc1cc(Nc2cncc(Nc3ccc4c(c3)N(C(=O)C3CC3)CCC4)n2)n[nH]1. The van der Waals surface area contributed by atoms with Crippen molar-refractivity contribution in [3.8, 4) is 0 Å². The first-order valence-electron chi connectivity index (χ1n) is 9.98. The molecule has 1 saturated carbocycles. The second-order valence-electron chi connectivity index (χ2n) is 7.69. The number of nitrogens with one attached hydrogen (secondary N) is 3. The van der Waals surface area contributed by atoms with Gasteiger partial charge in [-0.2, -0.15) is 5.10 Å². The number of carbonyl (C=O) groups excluding carboxylic acids is 1. The number of aromatic nitrogens is 4. The van der Waals surface area contributed by atoms with Crippen molar-refractivity contribution in [1.29, 1.82) is 0 Å². The molecule has 0 spiro atoms. The molecule has 3 heterocycles. The predicted molar refractivity (Wildman–Crippen MR) is 112 cm³/mol. The number of amides is 1. The number of fused-ring (bicyclic) bond motifs is 1. The van der Waals surface area contributed by atoms with Crippen LogP contribution in [0.15, 0.2) is 36.7 Å². The van der Waals surface area contributed by atoms with Gasteiger partial charge in [0.1, 0.15) is 0 Å². The molecular formula is C21H23N7O. The number of benzene rings is 1. The van der Waals surface area contributed by atoms with Crippen molar-refractivity contribution in [1.82, 2.24) is 20.2 Å². The van der Waals surface area contributed by atoms with Crippen molar-refractivity contribution in [2.75, 3.05) is 22.1 Å². The largest absolute Gasteiger partial charge is 0.339 e. The molecule has 1 aliphatic heterocycles. The number of hydrogen-bond donors (Lipinski definition) is 3. The van der Waals surface area contributed by atoms with Gasteiger partial charge in [-0.15, -0.1) is 0 Å². The minimum atomic E-state index is 0.219. The molecule has 3 N–H and O–H groups in total. The second-order valence-corrected chi connectivity index (χ2v) is 7.69. The molecule has 148 valence electrons. The van der Waals surface area contributed by atoms with Crippen LogP contribution in [0.25, 0.3) is 0 Å². The summed E-state index contributed by atoms with van der Waals surface area (Å²) < 4.78 is 0. The number of aromatic amines is 1. The normalized spacial score (nSPS) is 15.7. The summed E-state index contributed by atoms with van der Waals surface area (Å²) in [5, 5.41) is 13.5. The first-order valence-corrected chi connectivity index (χ1v) is 9.98. The standard InChI is InChI=1S/C21H23N7O/c1-13-9-18(27-26-13)24-20-12-22-11-19(25-20)23-16-7-6-14-3-2-8-28(17(14)10-16)21(29)15-4-5-15/h6-7,9-12,15H,2-5,8H2,1H3,(H3,23,24,25,26,27). The average molecular weight is 389 g/mol. The van der Waals surface area contributed by atoms with Crippen LogP contribution in [0.5, 0.6) is 0 Å². The second kappa shape index (κ2) is 7.20. The highest BCUT2D eigenvalue weighted by atomic mass is 16.2. The molecular weight excluding hydrogens is 366 g/mol. The summed E-state index contributed by atoms with van der Waals surface area (Å²) in [6.45, 7) is 2.74. The number of aryl methyl sites for hydroxylation is 2. The van der Waals surface area contributed by atoms with E-state index >= 15 is 0 Å². The Morgan fingerprint density at radius 3 is 2.72 bits per heavy atom. The van der Waals surface area contributed by atoms with Crippen LogP contribution in [0.2, 0.25) is 0 Å². The fourth-order valence-electron chi connectivity index (χ4n) is 3.68. The molecule has 1 fully saturated rings. The maximum atomic E-state index is 12.7. The zero-order chi connectivity index (χ0) is 19.8. The zero-order valence-corrected chi connectivity index (χ0v) is 16.3. The molecule has 1 aromatic carbocycles. The van der Waals surface area contributed by atoms with E-state index in [2.05, 4.69) is 36.9 Å². The molecule has 3 aromatic rings. The molecule has 0 saturated heterocycles. The average Bonchev–Trinajstić information content (AvgIpc) is 3.50. The number of H-pyrrole nitrogens is 1. The van der Waals surface area contributed by atoms with Crippen LogP contribution in [0.3, 0.4) is 0 Å².